The Morgan fingerprint density at radius 3 is 2.07 bits per heavy atom. The molecule has 0 aromatic rings. The van der Waals surface area contributed by atoms with E-state index in [1.54, 1.807) is 0 Å². The Labute approximate surface area is 156 Å². The number of carboxylic acid groups (broad SMARTS) is 1. The van der Waals surface area contributed by atoms with Crippen LogP contribution in [0.25, 0.3) is 0 Å². The third kappa shape index (κ3) is 11.5. The van der Waals surface area contributed by atoms with Gasteiger partial charge in [-0.05, 0) is 32.2 Å². The molecule has 2 atom stereocenters. The van der Waals surface area contributed by atoms with E-state index in [0.29, 0.717) is 19.4 Å². The quantitative estimate of drug-likeness (QED) is 0.148. The predicted molar refractivity (Wildman–Crippen MR) is 94.9 cm³/mol. The van der Waals surface area contributed by atoms with Gasteiger partial charge in [0.15, 0.2) is 0 Å². The van der Waals surface area contributed by atoms with Gasteiger partial charge in [-0.15, -0.1) is 0 Å². The monoisotopic (exact) mass is 388 g/mol. The SMILES string of the molecule is NCCCCC(NC(=O)C(CCC(N)=O)NC(=O)CNC(=O)CN)C(=O)O. The van der Waals surface area contributed by atoms with Gasteiger partial charge in [0.2, 0.25) is 23.6 Å². The maximum absolute atomic E-state index is 12.4. The van der Waals surface area contributed by atoms with Gasteiger partial charge < -0.3 is 38.3 Å². The number of rotatable bonds is 14. The van der Waals surface area contributed by atoms with E-state index in [9.17, 15) is 29.1 Å². The highest BCUT2D eigenvalue weighted by molar-refractivity contribution is 5.92. The number of nitrogens with two attached hydrogens (primary N) is 3. The summed E-state index contributed by atoms with van der Waals surface area (Å²) in [5.41, 5.74) is 15.5. The number of primary amides is 1. The first-order chi connectivity index (χ1) is 12.7. The fraction of sp³-hybridized carbons (Fsp3) is 0.667. The van der Waals surface area contributed by atoms with E-state index < -0.39 is 48.2 Å². The lowest BCUT2D eigenvalue weighted by atomic mass is 10.1. The van der Waals surface area contributed by atoms with Crippen molar-refractivity contribution in [1.82, 2.24) is 16.0 Å². The Bertz CT molecular complexity index is 541. The van der Waals surface area contributed by atoms with Crippen molar-refractivity contribution in [1.29, 1.82) is 0 Å². The second-order valence-electron chi connectivity index (χ2n) is 5.79. The van der Waals surface area contributed by atoms with Crippen molar-refractivity contribution in [3.8, 4) is 0 Å². The number of carbonyl (C=O) groups excluding carboxylic acids is 4. The van der Waals surface area contributed by atoms with Crippen LogP contribution >= 0.6 is 0 Å². The Morgan fingerprint density at radius 2 is 1.56 bits per heavy atom. The molecule has 4 amide bonds. The summed E-state index contributed by atoms with van der Waals surface area (Å²) in [4.78, 5) is 57.5. The molecule has 0 aliphatic carbocycles. The molecule has 0 spiro atoms. The number of unbranched alkanes of at least 4 members (excludes halogenated alkanes) is 1. The first-order valence-corrected chi connectivity index (χ1v) is 8.48. The first-order valence-electron chi connectivity index (χ1n) is 8.48. The van der Waals surface area contributed by atoms with Crippen LogP contribution in [0.1, 0.15) is 32.1 Å². The molecule has 0 aromatic carbocycles. The Morgan fingerprint density at radius 1 is 0.889 bits per heavy atom. The van der Waals surface area contributed by atoms with Crippen molar-refractivity contribution in [3.63, 3.8) is 0 Å². The van der Waals surface area contributed by atoms with Crippen LogP contribution in [-0.2, 0) is 24.0 Å². The zero-order chi connectivity index (χ0) is 20.8. The standard InChI is InChI=1S/C15H28N6O6/c16-6-2-1-3-10(15(26)27)21-14(25)9(4-5-11(18)22)20-13(24)8-19-12(23)7-17/h9-10H,1-8,16-17H2,(H2,18,22)(H,19,23)(H,20,24)(H,21,25)(H,26,27). The number of amides is 4. The zero-order valence-electron chi connectivity index (χ0n) is 15.0. The second kappa shape index (κ2) is 13.5. The normalized spacial score (nSPS) is 12.5. The molecule has 0 aliphatic heterocycles. The van der Waals surface area contributed by atoms with Gasteiger partial charge in [0.05, 0.1) is 13.1 Å². The predicted octanol–water partition coefficient (Wildman–Crippen LogP) is -3.49. The molecule has 0 rings (SSSR count). The van der Waals surface area contributed by atoms with Gasteiger partial charge in [-0.2, -0.15) is 0 Å². The number of nitrogens with one attached hydrogen (secondary N) is 3. The minimum Gasteiger partial charge on any atom is -0.480 e. The molecule has 0 bridgehead atoms. The summed E-state index contributed by atoms with van der Waals surface area (Å²) >= 11 is 0. The van der Waals surface area contributed by atoms with E-state index in [4.69, 9.17) is 17.2 Å². The maximum atomic E-state index is 12.4. The molecule has 0 heterocycles. The van der Waals surface area contributed by atoms with Crippen molar-refractivity contribution in [2.45, 2.75) is 44.2 Å². The molecule has 0 saturated heterocycles. The van der Waals surface area contributed by atoms with Crippen molar-refractivity contribution in [2.75, 3.05) is 19.6 Å². The molecular weight excluding hydrogens is 360 g/mol. The third-order valence-electron chi connectivity index (χ3n) is 3.52. The van der Waals surface area contributed by atoms with Crippen molar-refractivity contribution in [2.24, 2.45) is 17.2 Å². The third-order valence-corrected chi connectivity index (χ3v) is 3.52. The van der Waals surface area contributed by atoms with Gasteiger partial charge in [-0.1, -0.05) is 0 Å². The molecule has 12 heteroatoms. The second-order valence-corrected chi connectivity index (χ2v) is 5.79. The van der Waals surface area contributed by atoms with Crippen LogP contribution in [0.5, 0.6) is 0 Å². The van der Waals surface area contributed by atoms with E-state index >= 15 is 0 Å². The van der Waals surface area contributed by atoms with Crippen molar-refractivity contribution in [3.05, 3.63) is 0 Å². The molecule has 10 N–H and O–H groups in total. The highest BCUT2D eigenvalue weighted by atomic mass is 16.4. The fourth-order valence-corrected chi connectivity index (χ4v) is 2.07. The summed E-state index contributed by atoms with van der Waals surface area (Å²) in [7, 11) is 0. The first kappa shape index (κ1) is 24.3. The number of carbonyl (C=O) groups is 5. The summed E-state index contributed by atoms with van der Waals surface area (Å²) in [5, 5.41) is 16.1. The van der Waals surface area contributed by atoms with Gasteiger partial charge in [0.25, 0.3) is 0 Å². The molecule has 0 aromatic heterocycles. The van der Waals surface area contributed by atoms with Gasteiger partial charge in [-0.25, -0.2) is 4.79 Å². The van der Waals surface area contributed by atoms with Crippen molar-refractivity contribution >= 4 is 29.6 Å². The summed E-state index contributed by atoms with van der Waals surface area (Å²) in [6, 6.07) is -2.34. The van der Waals surface area contributed by atoms with Crippen LogP contribution in [0.3, 0.4) is 0 Å². The number of aliphatic carboxylic acids is 1. The topological polar surface area (TPSA) is 220 Å². The van der Waals surface area contributed by atoms with Gasteiger partial charge in [0.1, 0.15) is 12.1 Å². The summed E-state index contributed by atoms with van der Waals surface area (Å²) in [6.45, 7) is -0.330. The van der Waals surface area contributed by atoms with E-state index in [0.717, 1.165) is 0 Å². The molecule has 0 saturated carbocycles. The number of carboxylic acids is 1. The highest BCUT2D eigenvalue weighted by Gasteiger charge is 2.26. The Balaban J connectivity index is 4.88. The van der Waals surface area contributed by atoms with Crippen LogP contribution in [0.15, 0.2) is 0 Å². The average molecular weight is 388 g/mol. The Hall–Kier alpha value is -2.73. The maximum Gasteiger partial charge on any atom is 0.326 e. The smallest absolute Gasteiger partial charge is 0.326 e. The molecule has 0 fully saturated rings. The van der Waals surface area contributed by atoms with E-state index in [1.807, 2.05) is 0 Å². The van der Waals surface area contributed by atoms with Crippen LogP contribution in [0, 0.1) is 0 Å². The van der Waals surface area contributed by atoms with Gasteiger partial charge in [-0.3, -0.25) is 19.2 Å². The highest BCUT2D eigenvalue weighted by Crippen LogP contribution is 2.04. The average Bonchev–Trinajstić information content (AvgIpc) is 2.61. The molecule has 27 heavy (non-hydrogen) atoms. The molecular formula is C15H28N6O6. The molecule has 0 radical (unpaired) electrons. The lowest BCUT2D eigenvalue weighted by Crippen LogP contribution is -2.53. The van der Waals surface area contributed by atoms with E-state index in [-0.39, 0.29) is 25.8 Å². The molecule has 2 unspecified atom stereocenters. The largest absolute Gasteiger partial charge is 0.480 e. The van der Waals surface area contributed by atoms with Crippen LogP contribution in [0.4, 0.5) is 0 Å². The Kier molecular flexibility index (Phi) is 12.1. The van der Waals surface area contributed by atoms with Crippen LogP contribution in [0.2, 0.25) is 0 Å². The summed E-state index contributed by atoms with van der Waals surface area (Å²) in [5.74, 6) is -3.94. The van der Waals surface area contributed by atoms with Crippen LogP contribution in [-0.4, -0.2) is 66.4 Å². The number of hydrogen-bond donors (Lipinski definition) is 7. The van der Waals surface area contributed by atoms with E-state index in [2.05, 4.69) is 16.0 Å². The minimum atomic E-state index is -1.23. The lowest BCUT2D eigenvalue weighted by Gasteiger charge is -2.21. The molecule has 12 nitrogen and oxygen atoms in total. The zero-order valence-corrected chi connectivity index (χ0v) is 15.0. The summed E-state index contributed by atoms with van der Waals surface area (Å²) in [6.07, 6.45) is 0.951. The van der Waals surface area contributed by atoms with Crippen molar-refractivity contribution < 1.29 is 29.1 Å². The van der Waals surface area contributed by atoms with Gasteiger partial charge >= 0.3 is 5.97 Å². The summed E-state index contributed by atoms with van der Waals surface area (Å²) < 4.78 is 0. The van der Waals surface area contributed by atoms with E-state index in [1.165, 1.54) is 0 Å². The molecule has 0 aliphatic rings. The fourth-order valence-electron chi connectivity index (χ4n) is 2.07. The lowest BCUT2D eigenvalue weighted by molar-refractivity contribution is -0.142. The minimum absolute atomic E-state index is 0.118. The van der Waals surface area contributed by atoms with Gasteiger partial charge in [0, 0.05) is 6.42 Å². The number of hydrogen-bond acceptors (Lipinski definition) is 7. The molecule has 154 valence electrons. The van der Waals surface area contributed by atoms with Crippen LogP contribution < -0.4 is 33.2 Å².